The van der Waals surface area contributed by atoms with Gasteiger partial charge in [0, 0.05) is 32.8 Å². The van der Waals surface area contributed by atoms with Crippen LogP contribution in [0.5, 0.6) is 0 Å². The second kappa shape index (κ2) is 10.8. The van der Waals surface area contributed by atoms with Crippen molar-refractivity contribution >= 4 is 43.5 Å². The molecule has 218 valence electrons. The predicted molar refractivity (Wildman–Crippen MR) is 189 cm³/mol. The lowest BCUT2D eigenvalue weighted by Gasteiger charge is -2.14. The fourth-order valence-electron chi connectivity index (χ4n) is 5.83. The van der Waals surface area contributed by atoms with E-state index >= 15 is 0 Å². The van der Waals surface area contributed by atoms with Crippen molar-refractivity contribution in [1.82, 2.24) is 15.0 Å². The number of furan rings is 1. The Balaban J connectivity index is 1.39. The maximum Gasteiger partial charge on any atom is 0.164 e. The summed E-state index contributed by atoms with van der Waals surface area (Å²) in [4.78, 5) is 14.4. The Morgan fingerprint density at radius 2 is 1.17 bits per heavy atom. The maximum atomic E-state index is 10.2. The van der Waals surface area contributed by atoms with Gasteiger partial charge in [0.15, 0.2) is 17.5 Å². The summed E-state index contributed by atoms with van der Waals surface area (Å²) in [6, 6.07) is 14.1. The van der Waals surface area contributed by atoms with Crippen molar-refractivity contribution in [3.63, 3.8) is 0 Å². The van der Waals surface area contributed by atoms with Crippen LogP contribution in [0.4, 0.5) is 0 Å². The van der Waals surface area contributed by atoms with Gasteiger partial charge in [0.1, 0.15) is 11.2 Å². The summed E-state index contributed by atoms with van der Waals surface area (Å²) in [5.74, 6) is 0.0285. The molecule has 0 radical (unpaired) electrons. The van der Waals surface area contributed by atoms with Gasteiger partial charge in [-0.05, 0) is 45.4 Å². The summed E-state index contributed by atoms with van der Waals surface area (Å²) in [6.45, 7) is 0. The zero-order valence-corrected chi connectivity index (χ0v) is 24.0. The van der Waals surface area contributed by atoms with Gasteiger partial charge < -0.3 is 4.42 Å². The average Bonchev–Trinajstić information content (AvgIpc) is 3.66. The molecule has 5 nitrogen and oxygen atoms in total. The van der Waals surface area contributed by atoms with Crippen molar-refractivity contribution in [3.05, 3.63) is 151 Å². The highest BCUT2D eigenvalue weighted by atomic mass is 16.3. The molecule has 0 atom stereocenters. The van der Waals surface area contributed by atoms with E-state index in [4.69, 9.17) is 37.2 Å². The minimum atomic E-state index is -0.581. The molecule has 9 aromatic rings. The molecule has 0 unspecified atom stereocenters. The number of fused-ring (bicyclic) bond motifs is 5. The average molecular weight is 614 g/mol. The Morgan fingerprint density at radius 3 is 2.00 bits per heavy atom. The molecule has 5 heteroatoms. The van der Waals surface area contributed by atoms with E-state index in [1.807, 2.05) is 6.07 Å². The molecule has 0 fully saturated rings. The highest BCUT2D eigenvalue weighted by Gasteiger charge is 2.19. The van der Waals surface area contributed by atoms with Gasteiger partial charge in [0.05, 0.1) is 29.5 Å². The first-order valence-corrected chi connectivity index (χ1v) is 14.4. The van der Waals surface area contributed by atoms with Crippen molar-refractivity contribution in [1.29, 1.82) is 5.26 Å². The quantitative estimate of drug-likeness (QED) is 0.197. The van der Waals surface area contributed by atoms with Gasteiger partial charge in [0.2, 0.25) is 0 Å². The summed E-state index contributed by atoms with van der Waals surface area (Å²) in [5, 5.41) is 10.8. The molecule has 0 spiro atoms. The Morgan fingerprint density at radius 1 is 0.511 bits per heavy atom. The van der Waals surface area contributed by atoms with Gasteiger partial charge in [0.25, 0.3) is 0 Å². The van der Waals surface area contributed by atoms with E-state index in [0.717, 1.165) is 0 Å². The van der Waals surface area contributed by atoms with Gasteiger partial charge >= 0.3 is 0 Å². The summed E-state index contributed by atoms with van der Waals surface area (Å²) >= 11 is 0. The number of hydrogen-bond acceptors (Lipinski definition) is 5. The lowest BCUT2D eigenvalue weighted by atomic mass is 9.90. The van der Waals surface area contributed by atoms with Crippen LogP contribution in [0.25, 0.3) is 88.8 Å². The number of hydrogen-bond donors (Lipinski definition) is 0. The fourth-order valence-corrected chi connectivity index (χ4v) is 5.83. The molecule has 0 amide bonds. The van der Waals surface area contributed by atoms with E-state index < -0.39 is 78.6 Å². The van der Waals surface area contributed by atoms with Crippen LogP contribution in [0.2, 0.25) is 0 Å². The number of nitrogens with zero attached hydrogens (tertiary/aromatic N) is 4. The number of benzene rings is 7. The summed E-state index contributed by atoms with van der Waals surface area (Å²) in [6.07, 6.45) is 0. The molecule has 0 aliphatic carbocycles. The van der Waals surface area contributed by atoms with E-state index in [0.29, 0.717) is 27.5 Å². The standard InChI is InChI=1S/C42H24N4O/c43-25-28-15-6-13-26-14-7-20-32(38(26)28)30-18-8-19-31-29(30)17-9-21-33(31)41-44-40(27-11-2-1-3-12-27)45-42(46-41)35-22-10-24-37-39(35)34-16-4-5-23-36(34)47-37/h1-24H/i4D,5D,6D,7D,10D,13D,14D,15D,16D,20D,22D,23D,24D. The molecule has 0 aliphatic rings. The van der Waals surface area contributed by atoms with Gasteiger partial charge in [-0.3, -0.25) is 0 Å². The van der Waals surface area contributed by atoms with Crippen LogP contribution < -0.4 is 0 Å². The molecule has 9 rings (SSSR count). The molecule has 7 aromatic carbocycles. The second-order valence-corrected chi connectivity index (χ2v) is 10.5. The summed E-state index contributed by atoms with van der Waals surface area (Å²) in [5.41, 5.74) is 0.315. The predicted octanol–water partition coefficient (Wildman–Crippen LogP) is 10.6. The number of para-hydroxylation sites is 1. The zero-order valence-electron chi connectivity index (χ0n) is 37.0. The van der Waals surface area contributed by atoms with E-state index in [1.165, 1.54) is 0 Å². The molecule has 0 saturated carbocycles. The van der Waals surface area contributed by atoms with Crippen molar-refractivity contribution in [2.75, 3.05) is 0 Å². The third kappa shape index (κ3) is 4.35. The molecular weight excluding hydrogens is 576 g/mol. The number of rotatable bonds is 4. The first-order valence-electron chi connectivity index (χ1n) is 20.9. The fraction of sp³-hybridized carbons (Fsp3) is 0. The maximum absolute atomic E-state index is 10.2. The summed E-state index contributed by atoms with van der Waals surface area (Å²) < 4.78 is 118. The molecule has 0 saturated heterocycles. The topological polar surface area (TPSA) is 75.6 Å². The SMILES string of the molecule is [2H]c1c([2H])c([2H])c2c(oc3c([2H])c([2H])c([2H])c(-c4nc(-c5ccccc5)nc(-c5cccc6c(-c7c([2H])c([2H])c([2H])c8c([2H])c([2H])c([2H])c(C#N)c78)cccc56)n4)c32)c1[2H]. The van der Waals surface area contributed by atoms with Crippen molar-refractivity contribution in [2.24, 2.45) is 0 Å². The van der Waals surface area contributed by atoms with Crippen molar-refractivity contribution in [3.8, 4) is 51.4 Å². The van der Waals surface area contributed by atoms with Crippen LogP contribution in [0.1, 0.15) is 23.4 Å². The second-order valence-electron chi connectivity index (χ2n) is 10.5. The Bertz CT molecular complexity index is 3430. The van der Waals surface area contributed by atoms with E-state index in [9.17, 15) is 5.26 Å². The van der Waals surface area contributed by atoms with E-state index in [1.54, 1.807) is 66.7 Å². The van der Waals surface area contributed by atoms with Crippen LogP contribution >= 0.6 is 0 Å². The Labute approximate surface area is 288 Å². The Kier molecular flexibility index (Phi) is 3.80. The van der Waals surface area contributed by atoms with Gasteiger partial charge in [-0.15, -0.1) is 0 Å². The van der Waals surface area contributed by atoms with Crippen LogP contribution in [0.15, 0.2) is 150 Å². The molecule has 47 heavy (non-hydrogen) atoms. The van der Waals surface area contributed by atoms with Gasteiger partial charge in [-0.25, -0.2) is 15.0 Å². The molecule has 0 N–H and O–H groups in total. The van der Waals surface area contributed by atoms with Crippen LogP contribution in [-0.4, -0.2) is 15.0 Å². The highest BCUT2D eigenvalue weighted by molar-refractivity contribution is 6.12. The van der Waals surface area contributed by atoms with Crippen LogP contribution in [0.3, 0.4) is 0 Å². The third-order valence-electron chi connectivity index (χ3n) is 7.88. The number of aromatic nitrogens is 3. The minimum absolute atomic E-state index is 0.0182. The third-order valence-corrected chi connectivity index (χ3v) is 7.88. The molecular formula is C42H24N4O. The monoisotopic (exact) mass is 613 g/mol. The minimum Gasteiger partial charge on any atom is -0.456 e. The molecule has 2 aromatic heterocycles. The van der Waals surface area contributed by atoms with Crippen LogP contribution in [-0.2, 0) is 0 Å². The van der Waals surface area contributed by atoms with E-state index in [2.05, 4.69) is 0 Å². The first-order chi connectivity index (χ1) is 28.7. The molecule has 0 aliphatic heterocycles. The lowest BCUT2D eigenvalue weighted by molar-refractivity contribution is 0.669. The highest BCUT2D eigenvalue weighted by Crippen LogP contribution is 2.40. The van der Waals surface area contributed by atoms with Gasteiger partial charge in [-0.1, -0.05) is 127 Å². The Hall–Kier alpha value is -6.64. The smallest absolute Gasteiger partial charge is 0.164 e. The van der Waals surface area contributed by atoms with Crippen LogP contribution in [0, 0.1) is 11.3 Å². The molecule has 0 bridgehead atoms. The van der Waals surface area contributed by atoms with E-state index in [-0.39, 0.29) is 66.9 Å². The largest absolute Gasteiger partial charge is 0.456 e. The van der Waals surface area contributed by atoms with Crippen molar-refractivity contribution < 1.29 is 22.2 Å². The lowest BCUT2D eigenvalue weighted by Crippen LogP contribution is -2.01. The van der Waals surface area contributed by atoms with Gasteiger partial charge in [-0.2, -0.15) is 5.26 Å². The summed E-state index contributed by atoms with van der Waals surface area (Å²) in [7, 11) is 0. The zero-order chi connectivity index (χ0) is 42.6. The van der Waals surface area contributed by atoms with Crippen molar-refractivity contribution in [2.45, 2.75) is 0 Å². The molecule has 2 heterocycles. The first kappa shape index (κ1) is 16.6. The number of nitriles is 1. The normalized spacial score (nSPS) is 15.3.